The third-order valence-corrected chi connectivity index (χ3v) is 3.81. The number of aryl methyl sites for hydroxylation is 1. The molecule has 4 heteroatoms. The molecular weight excluding hydrogens is 264 g/mol. The Bertz CT molecular complexity index is 442. The first-order valence-electron chi connectivity index (χ1n) is 7.93. The van der Waals surface area contributed by atoms with Gasteiger partial charge in [0.15, 0.2) is 0 Å². The van der Waals surface area contributed by atoms with Crippen LogP contribution in [0.2, 0.25) is 0 Å². The van der Waals surface area contributed by atoms with Gasteiger partial charge in [-0.15, -0.1) is 0 Å². The molecule has 2 N–H and O–H groups in total. The minimum absolute atomic E-state index is 0.121. The fraction of sp³-hybridized carbons (Fsp3) is 0.588. The number of carbonyl (C=O) groups excluding carboxylic acids is 1. The molecular formula is C17H26N2O2. The van der Waals surface area contributed by atoms with Gasteiger partial charge in [-0.25, -0.2) is 0 Å². The third kappa shape index (κ3) is 6.17. The van der Waals surface area contributed by atoms with Gasteiger partial charge in [-0.1, -0.05) is 18.6 Å². The van der Waals surface area contributed by atoms with Crippen molar-refractivity contribution in [3.05, 3.63) is 29.8 Å². The lowest BCUT2D eigenvalue weighted by Crippen LogP contribution is -2.35. The summed E-state index contributed by atoms with van der Waals surface area (Å²) in [6.45, 7) is 4.20. The van der Waals surface area contributed by atoms with Crippen molar-refractivity contribution in [3.63, 3.8) is 0 Å². The largest absolute Gasteiger partial charge is 0.492 e. The number of carbonyl (C=O) groups is 1. The van der Waals surface area contributed by atoms with Crippen molar-refractivity contribution < 1.29 is 9.53 Å². The molecule has 1 aromatic rings. The molecule has 1 aromatic carbocycles. The molecule has 1 amide bonds. The number of rotatable bonds is 7. The second-order valence-electron chi connectivity index (χ2n) is 5.70. The van der Waals surface area contributed by atoms with Crippen LogP contribution >= 0.6 is 0 Å². The Balaban J connectivity index is 1.54. The Morgan fingerprint density at radius 2 is 2.33 bits per heavy atom. The van der Waals surface area contributed by atoms with E-state index >= 15 is 0 Å². The number of piperidine rings is 1. The van der Waals surface area contributed by atoms with E-state index in [2.05, 4.69) is 10.6 Å². The van der Waals surface area contributed by atoms with E-state index in [1.165, 1.54) is 24.8 Å². The molecule has 116 valence electrons. The van der Waals surface area contributed by atoms with Crippen LogP contribution in [0.3, 0.4) is 0 Å². The van der Waals surface area contributed by atoms with E-state index < -0.39 is 0 Å². The summed E-state index contributed by atoms with van der Waals surface area (Å²) in [7, 11) is 0. The molecule has 0 aromatic heterocycles. The minimum atomic E-state index is 0.121. The maximum absolute atomic E-state index is 11.8. The molecule has 1 heterocycles. The number of hydrogen-bond donors (Lipinski definition) is 2. The van der Waals surface area contributed by atoms with E-state index in [4.69, 9.17) is 4.74 Å². The lowest BCUT2D eigenvalue weighted by molar-refractivity contribution is -0.121. The zero-order valence-corrected chi connectivity index (χ0v) is 12.9. The van der Waals surface area contributed by atoms with Crippen molar-refractivity contribution in [1.29, 1.82) is 0 Å². The Kier molecular flexibility index (Phi) is 6.54. The Morgan fingerprint density at radius 3 is 3.10 bits per heavy atom. The summed E-state index contributed by atoms with van der Waals surface area (Å²) in [6, 6.07) is 8.46. The number of benzene rings is 1. The van der Waals surface area contributed by atoms with Gasteiger partial charge in [-0.05, 0) is 50.4 Å². The molecule has 1 unspecified atom stereocenters. The molecule has 0 aliphatic carbocycles. The quantitative estimate of drug-likeness (QED) is 0.758. The zero-order chi connectivity index (χ0) is 14.9. The van der Waals surface area contributed by atoms with Gasteiger partial charge in [0.25, 0.3) is 0 Å². The Labute approximate surface area is 127 Å². The second-order valence-corrected chi connectivity index (χ2v) is 5.70. The van der Waals surface area contributed by atoms with Gasteiger partial charge in [0.05, 0.1) is 6.54 Å². The molecule has 1 fully saturated rings. The molecule has 2 rings (SSSR count). The lowest BCUT2D eigenvalue weighted by Gasteiger charge is -2.23. The summed E-state index contributed by atoms with van der Waals surface area (Å²) in [5, 5.41) is 6.38. The van der Waals surface area contributed by atoms with Gasteiger partial charge >= 0.3 is 0 Å². The summed E-state index contributed by atoms with van der Waals surface area (Å²) < 4.78 is 5.60. The van der Waals surface area contributed by atoms with Gasteiger partial charge in [0, 0.05) is 12.5 Å². The maximum atomic E-state index is 11.8. The van der Waals surface area contributed by atoms with E-state index in [1.807, 2.05) is 31.2 Å². The maximum Gasteiger partial charge on any atom is 0.220 e. The van der Waals surface area contributed by atoms with Crippen LogP contribution in [0.15, 0.2) is 24.3 Å². The Morgan fingerprint density at radius 1 is 1.43 bits per heavy atom. The van der Waals surface area contributed by atoms with Gasteiger partial charge < -0.3 is 15.4 Å². The van der Waals surface area contributed by atoms with Crippen LogP contribution in [0.25, 0.3) is 0 Å². The summed E-state index contributed by atoms with van der Waals surface area (Å²) in [4.78, 5) is 11.8. The summed E-state index contributed by atoms with van der Waals surface area (Å²) in [5.41, 5.74) is 1.18. The van der Waals surface area contributed by atoms with E-state index in [0.29, 0.717) is 25.6 Å². The molecule has 0 radical (unpaired) electrons. The van der Waals surface area contributed by atoms with Crippen LogP contribution in [0.1, 0.15) is 37.7 Å². The van der Waals surface area contributed by atoms with Gasteiger partial charge in [0.2, 0.25) is 5.91 Å². The highest BCUT2D eigenvalue weighted by molar-refractivity contribution is 5.75. The highest BCUT2D eigenvalue weighted by Crippen LogP contribution is 2.12. The molecule has 1 aliphatic heterocycles. The van der Waals surface area contributed by atoms with E-state index in [-0.39, 0.29) is 5.91 Å². The molecule has 1 atom stereocenters. The van der Waals surface area contributed by atoms with Gasteiger partial charge in [-0.3, -0.25) is 4.79 Å². The smallest absolute Gasteiger partial charge is 0.220 e. The molecule has 4 nitrogen and oxygen atoms in total. The first-order chi connectivity index (χ1) is 10.2. The van der Waals surface area contributed by atoms with Crippen molar-refractivity contribution >= 4 is 5.91 Å². The molecule has 1 aliphatic rings. The number of ether oxygens (including phenoxy) is 1. The molecule has 0 saturated carbocycles. The average Bonchev–Trinajstić information content (AvgIpc) is 2.51. The predicted molar refractivity (Wildman–Crippen MR) is 84.6 cm³/mol. The summed E-state index contributed by atoms with van der Waals surface area (Å²) in [6.07, 6.45) is 5.28. The predicted octanol–water partition coefficient (Wildman–Crippen LogP) is 2.41. The number of nitrogens with one attached hydrogen (secondary N) is 2. The molecule has 0 spiro atoms. The topological polar surface area (TPSA) is 50.4 Å². The fourth-order valence-corrected chi connectivity index (χ4v) is 2.63. The fourth-order valence-electron chi connectivity index (χ4n) is 2.63. The average molecular weight is 290 g/mol. The van der Waals surface area contributed by atoms with E-state index in [9.17, 15) is 4.79 Å². The summed E-state index contributed by atoms with van der Waals surface area (Å²) in [5.74, 6) is 0.978. The monoisotopic (exact) mass is 290 g/mol. The van der Waals surface area contributed by atoms with E-state index in [0.717, 1.165) is 18.7 Å². The second kappa shape index (κ2) is 8.67. The lowest BCUT2D eigenvalue weighted by atomic mass is 10.0. The van der Waals surface area contributed by atoms with Crippen LogP contribution in [0, 0.1) is 6.92 Å². The summed E-state index contributed by atoms with van der Waals surface area (Å²) >= 11 is 0. The van der Waals surface area contributed by atoms with Crippen LogP contribution in [-0.2, 0) is 4.79 Å². The zero-order valence-electron chi connectivity index (χ0n) is 12.9. The van der Waals surface area contributed by atoms with Crippen molar-refractivity contribution in [2.24, 2.45) is 0 Å². The minimum Gasteiger partial charge on any atom is -0.492 e. The van der Waals surface area contributed by atoms with Crippen molar-refractivity contribution in [2.45, 2.75) is 45.1 Å². The highest BCUT2D eigenvalue weighted by Gasteiger charge is 2.13. The van der Waals surface area contributed by atoms with Crippen LogP contribution < -0.4 is 15.4 Å². The SMILES string of the molecule is Cc1cccc(OCCNC(=O)CCC2CCCCN2)c1. The first kappa shape index (κ1) is 15.8. The van der Waals surface area contributed by atoms with Crippen LogP contribution in [0.5, 0.6) is 5.75 Å². The number of hydrogen-bond acceptors (Lipinski definition) is 3. The van der Waals surface area contributed by atoms with Gasteiger partial charge in [-0.2, -0.15) is 0 Å². The van der Waals surface area contributed by atoms with Gasteiger partial charge in [0.1, 0.15) is 12.4 Å². The third-order valence-electron chi connectivity index (χ3n) is 3.81. The normalized spacial score (nSPS) is 18.2. The molecule has 21 heavy (non-hydrogen) atoms. The van der Waals surface area contributed by atoms with Crippen molar-refractivity contribution in [2.75, 3.05) is 19.7 Å². The van der Waals surface area contributed by atoms with Crippen LogP contribution in [-0.4, -0.2) is 31.6 Å². The van der Waals surface area contributed by atoms with E-state index in [1.54, 1.807) is 0 Å². The Hall–Kier alpha value is -1.55. The highest BCUT2D eigenvalue weighted by atomic mass is 16.5. The number of amides is 1. The molecule has 1 saturated heterocycles. The first-order valence-corrected chi connectivity index (χ1v) is 7.93. The standard InChI is InChI=1S/C17H26N2O2/c1-14-5-4-7-16(13-14)21-12-11-19-17(20)9-8-15-6-2-3-10-18-15/h4-5,7,13,15,18H,2-3,6,8-12H2,1H3,(H,19,20). The van der Waals surface area contributed by atoms with Crippen molar-refractivity contribution in [3.8, 4) is 5.75 Å². The molecule has 0 bridgehead atoms. The van der Waals surface area contributed by atoms with Crippen LogP contribution in [0.4, 0.5) is 0 Å². The van der Waals surface area contributed by atoms with Crippen molar-refractivity contribution in [1.82, 2.24) is 10.6 Å².